The van der Waals surface area contributed by atoms with Gasteiger partial charge in [-0.2, -0.15) is 0 Å². The number of aromatic hydroxyl groups is 1. The lowest BCUT2D eigenvalue weighted by molar-refractivity contribution is -0.136. The fourth-order valence-corrected chi connectivity index (χ4v) is 3.53. The molecule has 0 amide bonds. The van der Waals surface area contributed by atoms with Crippen molar-refractivity contribution in [3.63, 3.8) is 0 Å². The van der Waals surface area contributed by atoms with Crippen LogP contribution in [0.3, 0.4) is 0 Å². The van der Waals surface area contributed by atoms with E-state index in [0.717, 1.165) is 5.56 Å². The molecule has 3 aromatic rings. The summed E-state index contributed by atoms with van der Waals surface area (Å²) in [6.45, 7) is 0.175. The Kier molecular flexibility index (Phi) is 7.29. The highest BCUT2D eigenvalue weighted by atomic mass is 32.2. The maximum atomic E-state index is 12.9. The van der Waals surface area contributed by atoms with Gasteiger partial charge in [0.25, 0.3) is 0 Å². The molecule has 0 atom stereocenters. The molecular formula is C24H23NO6S. The van der Waals surface area contributed by atoms with Crippen LogP contribution in [0.15, 0.2) is 77.7 Å². The third-order valence-corrected chi connectivity index (χ3v) is 5.62. The third-order valence-electron chi connectivity index (χ3n) is 4.70. The summed E-state index contributed by atoms with van der Waals surface area (Å²) >= 11 is 0. The predicted molar refractivity (Wildman–Crippen MR) is 121 cm³/mol. The highest BCUT2D eigenvalue weighted by Crippen LogP contribution is 2.29. The summed E-state index contributed by atoms with van der Waals surface area (Å²) in [4.78, 5) is 12.9. The van der Waals surface area contributed by atoms with Gasteiger partial charge in [-0.1, -0.05) is 48.5 Å². The van der Waals surface area contributed by atoms with Crippen LogP contribution in [0.1, 0.15) is 16.7 Å². The first-order valence-electron chi connectivity index (χ1n) is 9.71. The molecule has 0 heterocycles. The molecule has 0 aliphatic heterocycles. The van der Waals surface area contributed by atoms with Gasteiger partial charge in [0.15, 0.2) is 11.5 Å². The van der Waals surface area contributed by atoms with E-state index < -0.39 is 16.0 Å². The molecule has 0 saturated heterocycles. The zero-order valence-corrected chi connectivity index (χ0v) is 18.2. The Labute approximate surface area is 186 Å². The molecular weight excluding hydrogens is 430 g/mol. The number of hydrogen-bond acceptors (Lipinski definition) is 6. The molecule has 3 rings (SSSR count). The number of carbonyl (C=O) groups is 1. The highest BCUT2D eigenvalue weighted by Gasteiger charge is 2.16. The van der Waals surface area contributed by atoms with E-state index in [1.165, 1.54) is 37.4 Å². The Bertz CT molecular complexity index is 1220. The lowest BCUT2D eigenvalue weighted by Crippen LogP contribution is -2.13. The van der Waals surface area contributed by atoms with Gasteiger partial charge in [0.2, 0.25) is 10.0 Å². The van der Waals surface area contributed by atoms with Crippen molar-refractivity contribution in [2.75, 3.05) is 13.7 Å². The second-order valence-electron chi connectivity index (χ2n) is 6.93. The molecule has 166 valence electrons. The molecule has 7 nitrogen and oxygen atoms in total. The van der Waals surface area contributed by atoms with Gasteiger partial charge in [0.05, 0.1) is 24.2 Å². The van der Waals surface area contributed by atoms with Crippen molar-refractivity contribution in [1.29, 1.82) is 0 Å². The zero-order chi connectivity index (χ0) is 23.1. The number of sulfonamides is 1. The van der Waals surface area contributed by atoms with E-state index in [2.05, 4.69) is 0 Å². The van der Waals surface area contributed by atoms with Crippen molar-refractivity contribution in [1.82, 2.24) is 0 Å². The lowest BCUT2D eigenvalue weighted by Gasteiger charge is -2.11. The van der Waals surface area contributed by atoms with E-state index in [1.54, 1.807) is 18.2 Å². The summed E-state index contributed by atoms with van der Waals surface area (Å²) in [5, 5.41) is 15.0. The Balaban J connectivity index is 1.90. The van der Waals surface area contributed by atoms with Gasteiger partial charge in [0.1, 0.15) is 0 Å². The molecule has 3 N–H and O–H groups in total. The number of ether oxygens (including phenoxy) is 2. The van der Waals surface area contributed by atoms with Crippen molar-refractivity contribution in [2.45, 2.75) is 11.3 Å². The zero-order valence-electron chi connectivity index (χ0n) is 17.4. The van der Waals surface area contributed by atoms with Gasteiger partial charge in [-0.05, 0) is 47.0 Å². The van der Waals surface area contributed by atoms with Crippen LogP contribution < -0.4 is 9.88 Å². The monoisotopic (exact) mass is 453 g/mol. The Hall–Kier alpha value is -3.62. The molecule has 0 bridgehead atoms. The second kappa shape index (κ2) is 10.1. The van der Waals surface area contributed by atoms with Crippen LogP contribution >= 0.6 is 0 Å². The molecule has 32 heavy (non-hydrogen) atoms. The van der Waals surface area contributed by atoms with E-state index in [-0.39, 0.29) is 28.6 Å². The van der Waals surface area contributed by atoms with Gasteiger partial charge in [0, 0.05) is 6.42 Å². The standard InChI is InChI=1S/C24H23NO6S/c1-30-23-16-18(7-12-22(23)26)15-21(19-8-10-20(11-9-19)32(25,28)29)24(27)31-14-13-17-5-3-2-4-6-17/h2-12,15-16,26H,13-14H2,1H3,(H2,25,28,29)/b21-15+. The number of esters is 1. The van der Waals surface area contributed by atoms with E-state index in [9.17, 15) is 18.3 Å². The molecule has 0 fully saturated rings. The topological polar surface area (TPSA) is 116 Å². The van der Waals surface area contributed by atoms with Crippen LogP contribution in [0.25, 0.3) is 11.6 Å². The second-order valence-corrected chi connectivity index (χ2v) is 8.49. The minimum Gasteiger partial charge on any atom is -0.504 e. The summed E-state index contributed by atoms with van der Waals surface area (Å²) in [5.74, 6) is -0.356. The number of rotatable bonds is 8. The number of phenolic OH excluding ortho intramolecular Hbond substituents is 1. The quantitative estimate of drug-likeness (QED) is 0.307. The van der Waals surface area contributed by atoms with Crippen molar-refractivity contribution < 1.29 is 27.8 Å². The number of methoxy groups -OCH3 is 1. The molecule has 0 aromatic heterocycles. The molecule has 8 heteroatoms. The fourth-order valence-electron chi connectivity index (χ4n) is 3.02. The van der Waals surface area contributed by atoms with Crippen molar-refractivity contribution in [3.05, 3.63) is 89.5 Å². The first-order chi connectivity index (χ1) is 15.3. The minimum absolute atomic E-state index is 0.0332. The first-order valence-corrected chi connectivity index (χ1v) is 11.3. The van der Waals surface area contributed by atoms with Gasteiger partial charge < -0.3 is 14.6 Å². The van der Waals surface area contributed by atoms with Crippen LogP contribution in [0.4, 0.5) is 0 Å². The number of phenols is 1. The SMILES string of the molecule is COc1cc(/C=C(/C(=O)OCCc2ccccc2)c2ccc(S(N)(=O)=O)cc2)ccc1O. The van der Waals surface area contributed by atoms with Crippen molar-refractivity contribution in [2.24, 2.45) is 5.14 Å². The van der Waals surface area contributed by atoms with Crippen LogP contribution in [0, 0.1) is 0 Å². The number of hydrogen-bond donors (Lipinski definition) is 2. The minimum atomic E-state index is -3.86. The van der Waals surface area contributed by atoms with Crippen LogP contribution in [-0.2, 0) is 26.0 Å². The summed E-state index contributed by atoms with van der Waals surface area (Å²) in [7, 11) is -2.44. The van der Waals surface area contributed by atoms with Crippen LogP contribution in [-0.4, -0.2) is 33.2 Å². The van der Waals surface area contributed by atoms with Crippen LogP contribution in [0.5, 0.6) is 11.5 Å². The van der Waals surface area contributed by atoms with Gasteiger partial charge in [-0.15, -0.1) is 0 Å². The number of benzene rings is 3. The van der Waals surface area contributed by atoms with Gasteiger partial charge >= 0.3 is 5.97 Å². The van der Waals surface area contributed by atoms with Crippen LogP contribution in [0.2, 0.25) is 0 Å². The Morgan fingerprint density at radius 2 is 1.72 bits per heavy atom. The summed E-state index contributed by atoms with van der Waals surface area (Å²) in [5.41, 5.74) is 2.29. The number of primary sulfonamides is 1. The number of carbonyl (C=O) groups excluding carboxylic acids is 1. The first kappa shape index (κ1) is 23.1. The molecule has 0 aliphatic carbocycles. The maximum absolute atomic E-state index is 12.9. The van der Waals surface area contributed by atoms with Crippen molar-refractivity contribution >= 4 is 27.6 Å². The van der Waals surface area contributed by atoms with Crippen molar-refractivity contribution in [3.8, 4) is 11.5 Å². The normalized spacial score (nSPS) is 11.8. The maximum Gasteiger partial charge on any atom is 0.338 e. The molecule has 0 spiro atoms. The molecule has 0 aliphatic rings. The Morgan fingerprint density at radius 1 is 1.03 bits per heavy atom. The number of nitrogens with two attached hydrogens (primary N) is 1. The largest absolute Gasteiger partial charge is 0.504 e. The molecule has 0 radical (unpaired) electrons. The Morgan fingerprint density at radius 3 is 2.34 bits per heavy atom. The van der Waals surface area contributed by atoms with E-state index in [4.69, 9.17) is 14.6 Å². The predicted octanol–water partition coefficient (Wildman–Crippen LogP) is 3.37. The molecule has 0 saturated carbocycles. The average molecular weight is 454 g/mol. The third kappa shape index (κ3) is 5.96. The summed E-state index contributed by atoms with van der Waals surface area (Å²) < 4.78 is 33.7. The average Bonchev–Trinajstić information content (AvgIpc) is 2.78. The van der Waals surface area contributed by atoms with E-state index >= 15 is 0 Å². The fraction of sp³-hybridized carbons (Fsp3) is 0.125. The summed E-state index contributed by atoms with van der Waals surface area (Å²) in [6.07, 6.45) is 2.13. The van der Waals surface area contributed by atoms with Gasteiger partial charge in [-0.25, -0.2) is 18.4 Å². The van der Waals surface area contributed by atoms with E-state index in [1.807, 2.05) is 30.3 Å². The molecule has 3 aromatic carbocycles. The molecule has 0 unspecified atom stereocenters. The smallest absolute Gasteiger partial charge is 0.338 e. The lowest BCUT2D eigenvalue weighted by atomic mass is 10.0. The highest BCUT2D eigenvalue weighted by molar-refractivity contribution is 7.89. The summed E-state index contributed by atoms with van der Waals surface area (Å²) in [6, 6.07) is 19.9. The van der Waals surface area contributed by atoms with E-state index in [0.29, 0.717) is 17.5 Å². The van der Waals surface area contributed by atoms with Gasteiger partial charge in [-0.3, -0.25) is 0 Å².